The summed E-state index contributed by atoms with van der Waals surface area (Å²) in [5, 5.41) is 9.18. The SMILES string of the molecule is Cc1cc(C)c(C)c(S(=O)(=O)NCCCC(C)O)c1C. The second-order valence-corrected chi connectivity index (χ2v) is 7.18. The topological polar surface area (TPSA) is 66.4 Å². The van der Waals surface area contributed by atoms with Crippen LogP contribution in [0.2, 0.25) is 0 Å². The quantitative estimate of drug-likeness (QED) is 0.792. The summed E-state index contributed by atoms with van der Waals surface area (Å²) in [6, 6.07) is 2.01. The number of rotatable bonds is 6. The normalized spacial score (nSPS) is 13.5. The van der Waals surface area contributed by atoms with Crippen LogP contribution in [0.25, 0.3) is 0 Å². The van der Waals surface area contributed by atoms with E-state index in [1.807, 2.05) is 33.8 Å². The van der Waals surface area contributed by atoms with Gasteiger partial charge in [0.2, 0.25) is 10.0 Å². The maximum absolute atomic E-state index is 12.4. The third-order valence-corrected chi connectivity index (χ3v) is 5.39. The molecule has 0 aliphatic rings. The zero-order chi connectivity index (χ0) is 15.5. The number of aliphatic hydroxyl groups excluding tert-OH is 1. The van der Waals surface area contributed by atoms with Crippen LogP contribution in [0.1, 0.15) is 42.0 Å². The number of hydrogen-bond acceptors (Lipinski definition) is 3. The van der Waals surface area contributed by atoms with E-state index in [2.05, 4.69) is 4.72 Å². The molecular formula is C15H25NO3S. The summed E-state index contributed by atoms with van der Waals surface area (Å²) in [6.45, 7) is 9.58. The lowest BCUT2D eigenvalue weighted by molar-refractivity contribution is 0.182. The van der Waals surface area contributed by atoms with Crippen molar-refractivity contribution >= 4 is 10.0 Å². The Morgan fingerprint density at radius 2 is 1.65 bits per heavy atom. The van der Waals surface area contributed by atoms with Gasteiger partial charge in [-0.25, -0.2) is 13.1 Å². The summed E-state index contributed by atoms with van der Waals surface area (Å²) in [7, 11) is -3.50. The van der Waals surface area contributed by atoms with E-state index in [0.29, 0.717) is 24.3 Å². The molecular weight excluding hydrogens is 274 g/mol. The van der Waals surface area contributed by atoms with Crippen molar-refractivity contribution in [2.45, 2.75) is 58.5 Å². The van der Waals surface area contributed by atoms with Gasteiger partial charge in [0, 0.05) is 6.54 Å². The fourth-order valence-electron chi connectivity index (χ4n) is 2.26. The minimum absolute atomic E-state index is 0.346. The first kappa shape index (κ1) is 17.1. The number of aliphatic hydroxyl groups is 1. The summed E-state index contributed by atoms with van der Waals surface area (Å²) in [5.74, 6) is 0. The molecule has 1 aromatic carbocycles. The molecule has 0 saturated carbocycles. The first-order valence-electron chi connectivity index (χ1n) is 6.92. The highest BCUT2D eigenvalue weighted by Crippen LogP contribution is 2.25. The summed E-state index contributed by atoms with van der Waals surface area (Å²) >= 11 is 0. The minimum Gasteiger partial charge on any atom is -0.393 e. The lowest BCUT2D eigenvalue weighted by atomic mass is 10.0. The Labute approximate surface area is 122 Å². The van der Waals surface area contributed by atoms with Gasteiger partial charge in [0.15, 0.2) is 0 Å². The van der Waals surface area contributed by atoms with Crippen LogP contribution in [-0.4, -0.2) is 26.2 Å². The zero-order valence-electron chi connectivity index (χ0n) is 12.9. The van der Waals surface area contributed by atoms with E-state index in [4.69, 9.17) is 0 Å². The van der Waals surface area contributed by atoms with Crippen LogP contribution < -0.4 is 4.72 Å². The van der Waals surface area contributed by atoms with Crippen LogP contribution in [-0.2, 0) is 10.0 Å². The van der Waals surface area contributed by atoms with Crippen molar-refractivity contribution in [1.29, 1.82) is 0 Å². The Kier molecular flexibility index (Phi) is 5.74. The highest BCUT2D eigenvalue weighted by molar-refractivity contribution is 7.89. The predicted octanol–water partition coefficient (Wildman–Crippen LogP) is 2.36. The Hall–Kier alpha value is -0.910. The molecule has 2 N–H and O–H groups in total. The molecule has 0 amide bonds. The fourth-order valence-corrected chi connectivity index (χ4v) is 3.95. The van der Waals surface area contributed by atoms with Crippen molar-refractivity contribution in [3.63, 3.8) is 0 Å². The third-order valence-electron chi connectivity index (χ3n) is 3.66. The number of hydrogen-bond donors (Lipinski definition) is 2. The van der Waals surface area contributed by atoms with Crippen LogP contribution in [0.4, 0.5) is 0 Å². The van der Waals surface area contributed by atoms with Gasteiger partial charge in [-0.1, -0.05) is 6.07 Å². The van der Waals surface area contributed by atoms with Crippen molar-refractivity contribution in [2.75, 3.05) is 6.54 Å². The molecule has 0 bridgehead atoms. The van der Waals surface area contributed by atoms with Crippen LogP contribution in [0.15, 0.2) is 11.0 Å². The molecule has 0 heterocycles. The van der Waals surface area contributed by atoms with Gasteiger partial charge < -0.3 is 5.11 Å². The Morgan fingerprint density at radius 1 is 1.15 bits per heavy atom. The van der Waals surface area contributed by atoms with Gasteiger partial charge in [-0.05, 0) is 69.7 Å². The number of benzene rings is 1. The maximum Gasteiger partial charge on any atom is 0.241 e. The summed E-state index contributed by atoms with van der Waals surface area (Å²) in [6.07, 6.45) is 0.816. The molecule has 0 saturated heterocycles. The van der Waals surface area contributed by atoms with E-state index in [0.717, 1.165) is 22.3 Å². The van der Waals surface area contributed by atoms with Crippen molar-refractivity contribution in [1.82, 2.24) is 4.72 Å². The van der Waals surface area contributed by atoms with E-state index in [-0.39, 0.29) is 0 Å². The van der Waals surface area contributed by atoms with Gasteiger partial charge in [-0.2, -0.15) is 0 Å². The Morgan fingerprint density at radius 3 is 2.10 bits per heavy atom. The summed E-state index contributed by atoms with van der Waals surface area (Å²) in [4.78, 5) is 0.395. The Balaban J connectivity index is 2.99. The van der Waals surface area contributed by atoms with Crippen LogP contribution in [0.5, 0.6) is 0 Å². The van der Waals surface area contributed by atoms with E-state index in [1.165, 1.54) is 0 Å². The number of aryl methyl sites for hydroxylation is 2. The largest absolute Gasteiger partial charge is 0.393 e. The van der Waals surface area contributed by atoms with E-state index in [1.54, 1.807) is 6.92 Å². The molecule has 0 fully saturated rings. The van der Waals surface area contributed by atoms with Gasteiger partial charge in [-0.3, -0.25) is 0 Å². The van der Waals surface area contributed by atoms with Crippen molar-refractivity contribution < 1.29 is 13.5 Å². The van der Waals surface area contributed by atoms with Gasteiger partial charge >= 0.3 is 0 Å². The maximum atomic E-state index is 12.4. The fraction of sp³-hybridized carbons (Fsp3) is 0.600. The molecule has 20 heavy (non-hydrogen) atoms. The highest BCUT2D eigenvalue weighted by Gasteiger charge is 2.21. The molecule has 4 nitrogen and oxygen atoms in total. The standard InChI is InChI=1S/C15H25NO3S/c1-10-9-11(2)14(5)15(13(10)4)20(18,19)16-8-6-7-12(3)17/h9,12,16-17H,6-8H2,1-5H3. The molecule has 5 heteroatoms. The zero-order valence-corrected chi connectivity index (χ0v) is 13.8. The van der Waals surface area contributed by atoms with Gasteiger partial charge in [-0.15, -0.1) is 0 Å². The van der Waals surface area contributed by atoms with Gasteiger partial charge in [0.25, 0.3) is 0 Å². The molecule has 1 unspecified atom stereocenters. The predicted molar refractivity (Wildman–Crippen MR) is 81.5 cm³/mol. The minimum atomic E-state index is -3.50. The molecule has 1 atom stereocenters. The molecule has 114 valence electrons. The van der Waals surface area contributed by atoms with Crippen LogP contribution in [0, 0.1) is 27.7 Å². The molecule has 0 radical (unpaired) electrons. The lowest BCUT2D eigenvalue weighted by Crippen LogP contribution is -2.27. The summed E-state index contributed by atoms with van der Waals surface area (Å²) in [5.41, 5.74) is 3.57. The van der Waals surface area contributed by atoms with E-state index >= 15 is 0 Å². The van der Waals surface area contributed by atoms with Crippen molar-refractivity contribution in [3.8, 4) is 0 Å². The summed E-state index contributed by atoms with van der Waals surface area (Å²) < 4.78 is 27.5. The van der Waals surface area contributed by atoms with Gasteiger partial charge in [0.1, 0.15) is 0 Å². The smallest absolute Gasteiger partial charge is 0.241 e. The van der Waals surface area contributed by atoms with Crippen LogP contribution in [0.3, 0.4) is 0 Å². The van der Waals surface area contributed by atoms with Crippen molar-refractivity contribution in [3.05, 3.63) is 28.3 Å². The molecule has 1 rings (SSSR count). The lowest BCUT2D eigenvalue weighted by Gasteiger charge is -2.16. The second-order valence-electron chi connectivity index (χ2n) is 5.48. The van der Waals surface area contributed by atoms with E-state index < -0.39 is 16.1 Å². The molecule has 0 aliphatic heterocycles. The number of sulfonamides is 1. The van der Waals surface area contributed by atoms with Crippen molar-refractivity contribution in [2.24, 2.45) is 0 Å². The molecule has 0 aliphatic carbocycles. The van der Waals surface area contributed by atoms with E-state index in [9.17, 15) is 13.5 Å². The highest BCUT2D eigenvalue weighted by atomic mass is 32.2. The first-order chi connectivity index (χ1) is 9.16. The number of nitrogens with one attached hydrogen (secondary N) is 1. The molecule has 0 spiro atoms. The Bertz CT molecular complexity index is 551. The molecule has 0 aromatic heterocycles. The molecule has 1 aromatic rings. The third kappa shape index (κ3) is 4.04. The van der Waals surface area contributed by atoms with Gasteiger partial charge in [0.05, 0.1) is 11.0 Å². The second kappa shape index (κ2) is 6.70. The van der Waals surface area contributed by atoms with Crippen LogP contribution >= 0.6 is 0 Å². The first-order valence-corrected chi connectivity index (χ1v) is 8.40. The average molecular weight is 299 g/mol. The monoisotopic (exact) mass is 299 g/mol. The average Bonchev–Trinajstić information content (AvgIpc) is 2.32.